The number of carbonyl (C=O) groups excluding carboxylic acids is 2. The van der Waals surface area contributed by atoms with Gasteiger partial charge in [-0.25, -0.2) is 4.79 Å². The molecule has 1 saturated heterocycles. The molecule has 0 bridgehead atoms. The minimum Gasteiger partial charge on any atom is -0.496 e. The predicted molar refractivity (Wildman–Crippen MR) is 127 cm³/mol. The minimum absolute atomic E-state index is 0.00638. The summed E-state index contributed by atoms with van der Waals surface area (Å²) in [5.41, 5.74) is 2.24. The molecule has 1 heterocycles. The van der Waals surface area contributed by atoms with Crippen molar-refractivity contribution in [2.45, 2.75) is 38.5 Å². The highest BCUT2D eigenvalue weighted by Gasteiger charge is 2.34. The number of amides is 3. The van der Waals surface area contributed by atoms with Gasteiger partial charge in [-0.2, -0.15) is 0 Å². The summed E-state index contributed by atoms with van der Waals surface area (Å²) in [4.78, 5) is 27.6. The van der Waals surface area contributed by atoms with Crippen molar-refractivity contribution < 1.29 is 14.3 Å². The largest absolute Gasteiger partial charge is 0.496 e. The van der Waals surface area contributed by atoms with Gasteiger partial charge in [-0.15, -0.1) is 0 Å². The number of piperidine rings is 1. The fourth-order valence-electron chi connectivity index (χ4n) is 4.28. The molecule has 1 aliphatic rings. The van der Waals surface area contributed by atoms with Crippen LogP contribution in [-0.4, -0.2) is 50.1 Å². The van der Waals surface area contributed by atoms with Crippen molar-refractivity contribution in [1.29, 1.82) is 0 Å². The lowest BCUT2D eigenvalue weighted by Crippen LogP contribution is -2.51. The van der Waals surface area contributed by atoms with Gasteiger partial charge in [0.25, 0.3) is 0 Å². The van der Waals surface area contributed by atoms with Gasteiger partial charge in [0.2, 0.25) is 5.91 Å². The molecular weight excluding hydrogens is 402 g/mol. The van der Waals surface area contributed by atoms with Crippen LogP contribution in [0.15, 0.2) is 54.6 Å². The molecule has 3 rings (SSSR count). The summed E-state index contributed by atoms with van der Waals surface area (Å²) in [6.07, 6.45) is 3.42. The fraction of sp³-hybridized carbons (Fsp3) is 0.462. The van der Waals surface area contributed by atoms with Crippen LogP contribution in [0, 0.1) is 5.92 Å². The average molecular weight is 438 g/mol. The number of carbonyl (C=O) groups is 2. The molecule has 3 amide bonds. The van der Waals surface area contributed by atoms with Gasteiger partial charge in [0.1, 0.15) is 5.75 Å². The first-order valence-electron chi connectivity index (χ1n) is 11.6. The molecule has 0 aromatic heterocycles. The Kier molecular flexibility index (Phi) is 8.96. The molecule has 2 atom stereocenters. The quantitative estimate of drug-likeness (QED) is 0.583. The third kappa shape index (κ3) is 6.49. The van der Waals surface area contributed by atoms with Crippen molar-refractivity contribution in [3.63, 3.8) is 0 Å². The van der Waals surface area contributed by atoms with Crippen molar-refractivity contribution >= 4 is 11.9 Å². The third-order valence-electron chi connectivity index (χ3n) is 6.07. The molecular formula is C26H35N3O3. The van der Waals surface area contributed by atoms with Gasteiger partial charge >= 0.3 is 6.03 Å². The highest BCUT2D eigenvalue weighted by molar-refractivity contribution is 5.81. The Morgan fingerprint density at radius 1 is 1.00 bits per heavy atom. The lowest BCUT2D eigenvalue weighted by atomic mass is 9.84. The highest BCUT2D eigenvalue weighted by Crippen LogP contribution is 2.30. The number of ether oxygens (including phenoxy) is 1. The van der Waals surface area contributed by atoms with E-state index in [1.807, 2.05) is 42.5 Å². The lowest BCUT2D eigenvalue weighted by molar-refractivity contribution is -0.126. The number of rotatable bonds is 9. The van der Waals surface area contributed by atoms with Gasteiger partial charge in [0.15, 0.2) is 0 Å². The van der Waals surface area contributed by atoms with Crippen LogP contribution in [0.5, 0.6) is 5.75 Å². The number of nitrogens with zero attached hydrogens (tertiary/aromatic N) is 1. The van der Waals surface area contributed by atoms with Crippen LogP contribution in [0.25, 0.3) is 0 Å². The number of hydrogen-bond donors (Lipinski definition) is 2. The number of unbranched alkanes of at least 4 members (excludes halogenated alkanes) is 1. The second kappa shape index (κ2) is 12.1. The van der Waals surface area contributed by atoms with Crippen LogP contribution < -0.4 is 15.4 Å². The first kappa shape index (κ1) is 23.6. The highest BCUT2D eigenvalue weighted by atomic mass is 16.5. The molecule has 0 saturated carbocycles. The van der Waals surface area contributed by atoms with E-state index in [-0.39, 0.29) is 23.8 Å². The summed E-state index contributed by atoms with van der Waals surface area (Å²) in [6.45, 7) is 4.38. The van der Waals surface area contributed by atoms with Gasteiger partial charge in [-0.05, 0) is 36.5 Å². The molecule has 32 heavy (non-hydrogen) atoms. The number of benzene rings is 2. The molecule has 1 aliphatic heterocycles. The molecule has 6 nitrogen and oxygen atoms in total. The molecule has 172 valence electrons. The Morgan fingerprint density at radius 2 is 1.75 bits per heavy atom. The van der Waals surface area contributed by atoms with Crippen molar-refractivity contribution in [2.24, 2.45) is 5.92 Å². The van der Waals surface area contributed by atoms with Gasteiger partial charge in [-0.1, -0.05) is 61.9 Å². The first-order chi connectivity index (χ1) is 15.6. The van der Waals surface area contributed by atoms with E-state index < -0.39 is 0 Å². The Morgan fingerprint density at radius 3 is 2.50 bits per heavy atom. The van der Waals surface area contributed by atoms with Gasteiger partial charge in [0.05, 0.1) is 13.0 Å². The molecule has 2 aromatic carbocycles. The van der Waals surface area contributed by atoms with E-state index in [2.05, 4.69) is 29.7 Å². The van der Waals surface area contributed by atoms with E-state index in [1.54, 1.807) is 12.0 Å². The predicted octanol–water partition coefficient (Wildman–Crippen LogP) is 3.97. The molecule has 2 N–H and O–H groups in total. The maximum Gasteiger partial charge on any atom is 0.317 e. The molecule has 0 spiro atoms. The second-order valence-electron chi connectivity index (χ2n) is 8.38. The topological polar surface area (TPSA) is 70.7 Å². The number of hydrogen-bond acceptors (Lipinski definition) is 3. The number of para-hydroxylation sites is 1. The van der Waals surface area contributed by atoms with Crippen LogP contribution in [-0.2, 0) is 11.2 Å². The number of likely N-dealkylation sites (tertiary alicyclic amines) is 1. The number of methoxy groups -OCH3 is 1. The molecule has 6 heteroatoms. The zero-order chi connectivity index (χ0) is 22.8. The summed E-state index contributed by atoms with van der Waals surface area (Å²) < 4.78 is 5.40. The summed E-state index contributed by atoms with van der Waals surface area (Å²) >= 11 is 0. The van der Waals surface area contributed by atoms with Crippen molar-refractivity contribution in [1.82, 2.24) is 15.5 Å². The van der Waals surface area contributed by atoms with Crippen molar-refractivity contribution in [3.05, 3.63) is 65.7 Å². The molecule has 2 unspecified atom stereocenters. The summed E-state index contributed by atoms with van der Waals surface area (Å²) in [5.74, 6) is 0.751. The van der Waals surface area contributed by atoms with E-state index >= 15 is 0 Å². The van der Waals surface area contributed by atoms with E-state index in [0.717, 1.165) is 30.6 Å². The van der Waals surface area contributed by atoms with Gasteiger partial charge < -0.3 is 20.3 Å². The second-order valence-corrected chi connectivity index (χ2v) is 8.38. The maximum absolute atomic E-state index is 13.0. The number of nitrogens with one attached hydrogen (secondary N) is 2. The Hall–Kier alpha value is -3.02. The smallest absolute Gasteiger partial charge is 0.317 e. The lowest BCUT2D eigenvalue weighted by Gasteiger charge is -2.37. The van der Waals surface area contributed by atoms with Crippen LogP contribution in [0.4, 0.5) is 4.79 Å². The monoisotopic (exact) mass is 437 g/mol. The zero-order valence-corrected chi connectivity index (χ0v) is 19.2. The average Bonchev–Trinajstić information content (AvgIpc) is 2.84. The van der Waals surface area contributed by atoms with Crippen molar-refractivity contribution in [2.75, 3.05) is 33.3 Å². The Labute approximate surface area is 191 Å². The summed E-state index contributed by atoms with van der Waals surface area (Å²) in [5, 5.41) is 6.09. The zero-order valence-electron chi connectivity index (χ0n) is 19.2. The van der Waals surface area contributed by atoms with Gasteiger partial charge in [-0.3, -0.25) is 4.79 Å². The van der Waals surface area contributed by atoms with Crippen LogP contribution in [0.1, 0.15) is 43.2 Å². The van der Waals surface area contributed by atoms with Crippen LogP contribution >= 0.6 is 0 Å². The SMILES string of the molecule is CCCCNC(=O)N1CC(C(=O)NCCc2ccccc2OC)CC(c2ccccc2)C1. The normalized spacial score (nSPS) is 18.1. The van der Waals surface area contributed by atoms with E-state index in [0.29, 0.717) is 32.6 Å². The minimum atomic E-state index is -0.233. The maximum atomic E-state index is 13.0. The van der Waals surface area contributed by atoms with Crippen LogP contribution in [0.3, 0.4) is 0 Å². The van der Waals surface area contributed by atoms with E-state index in [4.69, 9.17) is 4.74 Å². The molecule has 0 aliphatic carbocycles. The summed E-state index contributed by atoms with van der Waals surface area (Å²) in [7, 11) is 1.66. The molecule has 2 aromatic rings. The fourth-order valence-corrected chi connectivity index (χ4v) is 4.28. The van der Waals surface area contributed by atoms with E-state index in [1.165, 1.54) is 5.56 Å². The number of urea groups is 1. The first-order valence-corrected chi connectivity index (χ1v) is 11.6. The Balaban J connectivity index is 1.63. The Bertz CT molecular complexity index is 872. The molecule has 1 fully saturated rings. The standard InChI is InChI=1S/C26H35N3O3/c1-3-4-15-28-26(31)29-18-22(20-10-6-5-7-11-20)17-23(19-29)25(30)27-16-14-21-12-8-9-13-24(21)32-2/h5-13,22-23H,3-4,14-19H2,1-2H3,(H,27,30)(H,28,31). The van der Waals surface area contributed by atoms with Gasteiger partial charge in [0, 0.05) is 32.1 Å². The van der Waals surface area contributed by atoms with E-state index in [9.17, 15) is 9.59 Å². The summed E-state index contributed by atoms with van der Waals surface area (Å²) in [6, 6.07) is 18.0. The van der Waals surface area contributed by atoms with Crippen molar-refractivity contribution in [3.8, 4) is 5.75 Å². The third-order valence-corrected chi connectivity index (χ3v) is 6.07. The molecule has 0 radical (unpaired) electrons. The van der Waals surface area contributed by atoms with Crippen LogP contribution in [0.2, 0.25) is 0 Å².